The molecule has 0 aliphatic heterocycles. The summed E-state index contributed by atoms with van der Waals surface area (Å²) in [5, 5.41) is 3.34. The van der Waals surface area contributed by atoms with E-state index in [1.54, 1.807) is 14.2 Å². The Morgan fingerprint density at radius 3 is 1.94 bits per heavy atom. The average molecular weight is 253 g/mol. The topological polar surface area (TPSA) is 39.7 Å². The van der Waals surface area contributed by atoms with Gasteiger partial charge in [-0.3, -0.25) is 0 Å². The van der Waals surface area contributed by atoms with E-state index in [1.165, 1.54) is 0 Å². The Bertz CT molecular complexity index is 346. The molecule has 1 aromatic carbocycles. The zero-order valence-electron chi connectivity index (χ0n) is 11.8. The van der Waals surface area contributed by atoms with Gasteiger partial charge in [-0.25, -0.2) is 0 Å². The summed E-state index contributed by atoms with van der Waals surface area (Å²) in [6.07, 6.45) is 0.0711. The fourth-order valence-corrected chi connectivity index (χ4v) is 1.65. The fourth-order valence-electron chi connectivity index (χ4n) is 1.65. The van der Waals surface area contributed by atoms with Crippen LogP contribution >= 0.6 is 0 Å². The molecule has 0 fully saturated rings. The molecule has 0 aliphatic rings. The monoisotopic (exact) mass is 253 g/mol. The second kappa shape index (κ2) is 7.11. The van der Waals surface area contributed by atoms with Crippen molar-refractivity contribution in [3.8, 4) is 17.2 Å². The van der Waals surface area contributed by atoms with E-state index in [2.05, 4.69) is 19.2 Å². The minimum atomic E-state index is 0.0711. The Labute approximate surface area is 109 Å². The summed E-state index contributed by atoms with van der Waals surface area (Å²) in [7, 11) is 3.26. The van der Waals surface area contributed by atoms with E-state index in [4.69, 9.17) is 14.2 Å². The molecule has 2 unspecified atom stereocenters. The van der Waals surface area contributed by atoms with E-state index in [1.807, 2.05) is 25.1 Å². The highest BCUT2D eigenvalue weighted by Gasteiger charge is 2.13. The standard InChI is InChI=1S/C14H23NO3/c1-6-15-10(2)11(3)18-14-8-12(16-4)7-13(9-14)17-5/h7-11,15H,6H2,1-5H3. The van der Waals surface area contributed by atoms with Crippen molar-refractivity contribution >= 4 is 0 Å². The molecule has 0 saturated carbocycles. The molecule has 0 bridgehead atoms. The molecule has 0 saturated heterocycles. The second-order valence-corrected chi connectivity index (χ2v) is 4.22. The Morgan fingerprint density at radius 2 is 1.50 bits per heavy atom. The third-order valence-corrected chi connectivity index (χ3v) is 2.88. The molecule has 0 heterocycles. The van der Waals surface area contributed by atoms with Gasteiger partial charge < -0.3 is 19.5 Å². The number of hydrogen-bond donors (Lipinski definition) is 1. The molecule has 0 aliphatic carbocycles. The van der Waals surface area contributed by atoms with E-state index in [0.717, 1.165) is 23.8 Å². The lowest BCUT2D eigenvalue weighted by molar-refractivity contribution is 0.178. The van der Waals surface area contributed by atoms with E-state index >= 15 is 0 Å². The van der Waals surface area contributed by atoms with Crippen molar-refractivity contribution in [3.63, 3.8) is 0 Å². The quantitative estimate of drug-likeness (QED) is 0.810. The number of hydrogen-bond acceptors (Lipinski definition) is 4. The largest absolute Gasteiger partial charge is 0.496 e. The minimum absolute atomic E-state index is 0.0711. The molecule has 1 rings (SSSR count). The van der Waals surface area contributed by atoms with Crippen LogP contribution in [0.15, 0.2) is 18.2 Å². The summed E-state index contributed by atoms with van der Waals surface area (Å²) in [4.78, 5) is 0. The maximum Gasteiger partial charge on any atom is 0.127 e. The van der Waals surface area contributed by atoms with Crippen LogP contribution < -0.4 is 19.5 Å². The number of nitrogens with one attached hydrogen (secondary N) is 1. The smallest absolute Gasteiger partial charge is 0.127 e. The molecule has 1 N–H and O–H groups in total. The van der Waals surface area contributed by atoms with Crippen molar-refractivity contribution in [2.24, 2.45) is 0 Å². The minimum Gasteiger partial charge on any atom is -0.496 e. The van der Waals surface area contributed by atoms with Crippen LogP contribution in [-0.2, 0) is 0 Å². The fraction of sp³-hybridized carbons (Fsp3) is 0.571. The van der Waals surface area contributed by atoms with Gasteiger partial charge in [0.2, 0.25) is 0 Å². The zero-order valence-corrected chi connectivity index (χ0v) is 11.8. The summed E-state index contributed by atoms with van der Waals surface area (Å²) in [5.74, 6) is 2.21. The average Bonchev–Trinajstić information content (AvgIpc) is 2.38. The first-order valence-corrected chi connectivity index (χ1v) is 6.23. The first-order chi connectivity index (χ1) is 8.60. The normalized spacial score (nSPS) is 13.8. The Hall–Kier alpha value is -1.42. The van der Waals surface area contributed by atoms with Crippen molar-refractivity contribution in [1.82, 2.24) is 5.32 Å². The van der Waals surface area contributed by atoms with Gasteiger partial charge in [-0.2, -0.15) is 0 Å². The van der Waals surface area contributed by atoms with Crippen LogP contribution in [0.5, 0.6) is 17.2 Å². The lowest BCUT2D eigenvalue weighted by Gasteiger charge is -2.22. The number of benzene rings is 1. The second-order valence-electron chi connectivity index (χ2n) is 4.22. The van der Waals surface area contributed by atoms with Gasteiger partial charge in [-0.1, -0.05) is 6.92 Å². The molecule has 4 heteroatoms. The third kappa shape index (κ3) is 4.11. The molecule has 0 spiro atoms. The maximum atomic E-state index is 5.89. The molecular formula is C14H23NO3. The first-order valence-electron chi connectivity index (χ1n) is 6.23. The van der Waals surface area contributed by atoms with Crippen molar-refractivity contribution in [2.45, 2.75) is 32.9 Å². The van der Waals surface area contributed by atoms with Crippen LogP contribution in [0.2, 0.25) is 0 Å². The third-order valence-electron chi connectivity index (χ3n) is 2.88. The molecule has 0 radical (unpaired) electrons. The van der Waals surface area contributed by atoms with E-state index in [-0.39, 0.29) is 12.1 Å². The summed E-state index contributed by atoms with van der Waals surface area (Å²) >= 11 is 0. The first kappa shape index (κ1) is 14.6. The van der Waals surface area contributed by atoms with Gasteiger partial charge in [0, 0.05) is 24.2 Å². The number of ether oxygens (including phenoxy) is 3. The highest BCUT2D eigenvalue weighted by molar-refractivity contribution is 5.42. The lowest BCUT2D eigenvalue weighted by atomic mass is 10.2. The molecule has 0 amide bonds. The van der Waals surface area contributed by atoms with E-state index in [9.17, 15) is 0 Å². The molecular weight excluding hydrogens is 230 g/mol. The number of rotatable bonds is 7. The summed E-state index contributed by atoms with van der Waals surface area (Å²) in [6, 6.07) is 5.83. The summed E-state index contributed by atoms with van der Waals surface area (Å²) in [6.45, 7) is 7.15. The molecule has 18 heavy (non-hydrogen) atoms. The van der Waals surface area contributed by atoms with Crippen molar-refractivity contribution in [3.05, 3.63) is 18.2 Å². The van der Waals surface area contributed by atoms with Gasteiger partial charge in [-0.05, 0) is 20.4 Å². The van der Waals surface area contributed by atoms with Crippen LogP contribution in [-0.4, -0.2) is 32.9 Å². The van der Waals surface area contributed by atoms with Gasteiger partial charge in [-0.15, -0.1) is 0 Å². The predicted molar refractivity (Wildman–Crippen MR) is 72.8 cm³/mol. The summed E-state index contributed by atoms with van der Waals surface area (Å²) < 4.78 is 16.3. The van der Waals surface area contributed by atoms with Crippen LogP contribution in [0, 0.1) is 0 Å². The van der Waals surface area contributed by atoms with Gasteiger partial charge in [0.25, 0.3) is 0 Å². The van der Waals surface area contributed by atoms with Crippen LogP contribution in [0.4, 0.5) is 0 Å². The van der Waals surface area contributed by atoms with Crippen molar-refractivity contribution < 1.29 is 14.2 Å². The highest BCUT2D eigenvalue weighted by atomic mass is 16.5. The van der Waals surface area contributed by atoms with Crippen LogP contribution in [0.3, 0.4) is 0 Å². The van der Waals surface area contributed by atoms with Crippen LogP contribution in [0.25, 0.3) is 0 Å². The molecule has 1 aromatic rings. The lowest BCUT2D eigenvalue weighted by Crippen LogP contribution is -2.38. The Morgan fingerprint density at radius 1 is 1.00 bits per heavy atom. The predicted octanol–water partition coefficient (Wildman–Crippen LogP) is 2.47. The highest BCUT2D eigenvalue weighted by Crippen LogP contribution is 2.28. The Balaban J connectivity index is 2.76. The number of likely N-dealkylation sites (N-methyl/N-ethyl adjacent to an activating group) is 1. The molecule has 4 nitrogen and oxygen atoms in total. The van der Waals surface area contributed by atoms with Gasteiger partial charge in [0.15, 0.2) is 0 Å². The van der Waals surface area contributed by atoms with Gasteiger partial charge >= 0.3 is 0 Å². The Kier molecular flexibility index (Phi) is 5.78. The van der Waals surface area contributed by atoms with Crippen molar-refractivity contribution in [2.75, 3.05) is 20.8 Å². The van der Waals surface area contributed by atoms with Crippen LogP contribution in [0.1, 0.15) is 20.8 Å². The SMILES string of the molecule is CCNC(C)C(C)Oc1cc(OC)cc(OC)c1. The van der Waals surface area contributed by atoms with Gasteiger partial charge in [0.1, 0.15) is 23.4 Å². The molecule has 102 valence electrons. The zero-order chi connectivity index (χ0) is 13.5. The summed E-state index contributed by atoms with van der Waals surface area (Å²) in [5.41, 5.74) is 0. The molecule has 0 aromatic heterocycles. The van der Waals surface area contributed by atoms with E-state index in [0.29, 0.717) is 0 Å². The van der Waals surface area contributed by atoms with Crippen molar-refractivity contribution in [1.29, 1.82) is 0 Å². The van der Waals surface area contributed by atoms with E-state index < -0.39 is 0 Å². The van der Waals surface area contributed by atoms with Gasteiger partial charge in [0.05, 0.1) is 14.2 Å². The molecule has 2 atom stereocenters. The maximum absolute atomic E-state index is 5.89. The number of methoxy groups -OCH3 is 2.